The Kier molecular flexibility index (Phi) is 7.08. The van der Waals surface area contributed by atoms with E-state index in [-0.39, 0.29) is 4.90 Å². The fourth-order valence-corrected chi connectivity index (χ4v) is 5.30. The van der Waals surface area contributed by atoms with Gasteiger partial charge >= 0.3 is 5.97 Å². The summed E-state index contributed by atoms with van der Waals surface area (Å²) < 4.78 is 44.2. The fraction of sp³-hybridized carbons (Fsp3) is 0.417. The number of anilines is 1. The number of rotatable bonds is 8. The molecule has 0 aromatic heterocycles. The second-order valence-electron chi connectivity index (χ2n) is 8.64. The van der Waals surface area contributed by atoms with Gasteiger partial charge in [-0.2, -0.15) is 4.72 Å². The molecule has 0 saturated heterocycles. The van der Waals surface area contributed by atoms with Gasteiger partial charge in [-0.25, -0.2) is 8.42 Å². The summed E-state index contributed by atoms with van der Waals surface area (Å²) >= 11 is 0. The first-order valence-corrected chi connectivity index (χ1v) is 12.7. The second-order valence-corrected chi connectivity index (χ2v) is 10.4. The molecule has 2 aromatic carbocycles. The molecule has 0 radical (unpaired) electrons. The third kappa shape index (κ3) is 5.51. The molecule has 2 aromatic rings. The highest BCUT2D eigenvalue weighted by Crippen LogP contribution is 2.32. The number of esters is 1. The van der Waals surface area contributed by atoms with Crippen LogP contribution >= 0.6 is 0 Å². The third-order valence-electron chi connectivity index (χ3n) is 5.75. The molecule has 0 fully saturated rings. The summed E-state index contributed by atoms with van der Waals surface area (Å²) in [5, 5.41) is 2.72. The average molecular weight is 489 g/mol. The maximum atomic E-state index is 12.9. The van der Waals surface area contributed by atoms with Gasteiger partial charge in [0.2, 0.25) is 10.0 Å². The fourth-order valence-electron chi connectivity index (χ4n) is 3.96. The molecule has 1 aliphatic carbocycles. The molecule has 34 heavy (non-hydrogen) atoms. The molecule has 9 nitrogen and oxygen atoms in total. The van der Waals surface area contributed by atoms with Crippen molar-refractivity contribution in [3.05, 3.63) is 47.5 Å². The lowest BCUT2D eigenvalue weighted by molar-refractivity contribution is -0.150. The minimum atomic E-state index is -4.06. The van der Waals surface area contributed by atoms with Gasteiger partial charge in [-0.05, 0) is 60.6 Å². The largest absolute Gasteiger partial charge is 0.486 e. The van der Waals surface area contributed by atoms with E-state index in [4.69, 9.17) is 14.2 Å². The van der Waals surface area contributed by atoms with Gasteiger partial charge in [0.1, 0.15) is 19.3 Å². The molecule has 1 heterocycles. The second kappa shape index (κ2) is 10.0. The van der Waals surface area contributed by atoms with Crippen LogP contribution in [-0.4, -0.2) is 46.2 Å². The zero-order chi connectivity index (χ0) is 24.3. The maximum absolute atomic E-state index is 12.9. The first kappa shape index (κ1) is 24.0. The van der Waals surface area contributed by atoms with Crippen molar-refractivity contribution in [1.82, 2.24) is 4.72 Å². The third-order valence-corrected chi connectivity index (χ3v) is 7.19. The van der Waals surface area contributed by atoms with Gasteiger partial charge in [-0.3, -0.25) is 9.59 Å². The van der Waals surface area contributed by atoms with E-state index in [1.165, 1.54) is 29.3 Å². The van der Waals surface area contributed by atoms with E-state index >= 15 is 0 Å². The molecule has 182 valence electrons. The van der Waals surface area contributed by atoms with Gasteiger partial charge in [0, 0.05) is 11.8 Å². The normalized spacial score (nSPS) is 15.5. The SMILES string of the molecule is CC(C)[C@H](NS(=O)(=O)c1ccc2c(c1)OCCO2)C(=O)OCC(=O)Nc1ccc2c(c1)CCC2. The highest BCUT2D eigenvalue weighted by molar-refractivity contribution is 7.89. The number of amides is 1. The molecule has 10 heteroatoms. The Morgan fingerprint density at radius 2 is 1.74 bits per heavy atom. The Hall–Kier alpha value is -3.11. The van der Waals surface area contributed by atoms with E-state index in [0.717, 1.165) is 19.3 Å². The van der Waals surface area contributed by atoms with Crippen LogP contribution in [-0.2, 0) is 37.2 Å². The zero-order valence-corrected chi connectivity index (χ0v) is 19.9. The van der Waals surface area contributed by atoms with E-state index < -0.39 is 40.5 Å². The summed E-state index contributed by atoms with van der Waals surface area (Å²) in [6.07, 6.45) is 3.12. The molecule has 1 aliphatic heterocycles. The molecule has 2 aliphatic rings. The summed E-state index contributed by atoms with van der Waals surface area (Å²) in [6.45, 7) is 3.55. The van der Waals surface area contributed by atoms with Crippen LogP contribution in [0.5, 0.6) is 11.5 Å². The van der Waals surface area contributed by atoms with E-state index in [1.807, 2.05) is 18.2 Å². The molecular weight excluding hydrogens is 460 g/mol. The number of hydrogen-bond acceptors (Lipinski definition) is 7. The van der Waals surface area contributed by atoms with Crippen LogP contribution in [0, 0.1) is 5.92 Å². The lowest BCUT2D eigenvalue weighted by atomic mass is 10.1. The Morgan fingerprint density at radius 1 is 1.00 bits per heavy atom. The van der Waals surface area contributed by atoms with Gasteiger partial charge in [-0.1, -0.05) is 19.9 Å². The predicted molar refractivity (Wildman–Crippen MR) is 124 cm³/mol. The molecule has 1 atom stereocenters. The number of hydrogen-bond donors (Lipinski definition) is 2. The van der Waals surface area contributed by atoms with Crippen molar-refractivity contribution in [2.75, 3.05) is 25.1 Å². The first-order valence-electron chi connectivity index (χ1n) is 11.2. The van der Waals surface area contributed by atoms with Crippen molar-refractivity contribution in [2.45, 2.75) is 44.0 Å². The van der Waals surface area contributed by atoms with Crippen LogP contribution in [0.1, 0.15) is 31.4 Å². The number of fused-ring (bicyclic) bond motifs is 2. The Balaban J connectivity index is 1.37. The number of benzene rings is 2. The number of nitrogens with one attached hydrogen (secondary N) is 2. The minimum Gasteiger partial charge on any atom is -0.486 e. The highest BCUT2D eigenvalue weighted by Gasteiger charge is 2.31. The van der Waals surface area contributed by atoms with Crippen LogP contribution < -0.4 is 19.5 Å². The number of carbonyl (C=O) groups is 2. The summed E-state index contributed by atoms with van der Waals surface area (Å²) in [5.41, 5.74) is 3.14. The average Bonchev–Trinajstić information content (AvgIpc) is 3.28. The van der Waals surface area contributed by atoms with Crippen molar-refractivity contribution in [2.24, 2.45) is 5.92 Å². The molecule has 2 N–H and O–H groups in total. The van der Waals surface area contributed by atoms with Crippen molar-refractivity contribution >= 4 is 27.6 Å². The van der Waals surface area contributed by atoms with Gasteiger partial charge in [0.25, 0.3) is 5.91 Å². The molecule has 1 amide bonds. The predicted octanol–water partition coefficient (Wildman–Crippen LogP) is 2.43. The quantitative estimate of drug-likeness (QED) is 0.548. The van der Waals surface area contributed by atoms with Gasteiger partial charge in [0.15, 0.2) is 18.1 Å². The van der Waals surface area contributed by atoms with Crippen LogP contribution in [0.2, 0.25) is 0 Å². The number of carbonyl (C=O) groups excluding carboxylic acids is 2. The number of ether oxygens (including phenoxy) is 3. The van der Waals surface area contributed by atoms with Crippen LogP contribution in [0.15, 0.2) is 41.3 Å². The molecule has 0 bridgehead atoms. The summed E-state index contributed by atoms with van der Waals surface area (Å²) in [4.78, 5) is 24.9. The van der Waals surface area contributed by atoms with Crippen LogP contribution in [0.4, 0.5) is 5.69 Å². The van der Waals surface area contributed by atoms with E-state index in [9.17, 15) is 18.0 Å². The molecule has 0 spiro atoms. The van der Waals surface area contributed by atoms with E-state index in [0.29, 0.717) is 30.4 Å². The van der Waals surface area contributed by atoms with Crippen molar-refractivity contribution in [3.63, 3.8) is 0 Å². The Morgan fingerprint density at radius 3 is 2.50 bits per heavy atom. The zero-order valence-electron chi connectivity index (χ0n) is 19.1. The minimum absolute atomic E-state index is 0.0652. The van der Waals surface area contributed by atoms with Crippen LogP contribution in [0.3, 0.4) is 0 Å². The Labute approximate surface area is 198 Å². The van der Waals surface area contributed by atoms with Crippen molar-refractivity contribution in [3.8, 4) is 11.5 Å². The van der Waals surface area contributed by atoms with Crippen LogP contribution in [0.25, 0.3) is 0 Å². The number of aryl methyl sites for hydroxylation is 2. The highest BCUT2D eigenvalue weighted by atomic mass is 32.2. The first-order chi connectivity index (χ1) is 16.2. The van der Waals surface area contributed by atoms with Gasteiger partial charge < -0.3 is 19.5 Å². The molecule has 4 rings (SSSR count). The molecular formula is C24H28N2O7S. The smallest absolute Gasteiger partial charge is 0.324 e. The van der Waals surface area contributed by atoms with Crippen molar-refractivity contribution in [1.29, 1.82) is 0 Å². The number of sulfonamides is 1. The summed E-state index contributed by atoms with van der Waals surface area (Å²) in [7, 11) is -4.06. The Bertz CT molecular complexity index is 1190. The maximum Gasteiger partial charge on any atom is 0.324 e. The van der Waals surface area contributed by atoms with Gasteiger partial charge in [0.05, 0.1) is 4.90 Å². The lowest BCUT2D eigenvalue weighted by Crippen LogP contribution is -2.45. The monoisotopic (exact) mass is 488 g/mol. The van der Waals surface area contributed by atoms with E-state index in [1.54, 1.807) is 13.8 Å². The molecule has 0 saturated carbocycles. The lowest BCUT2D eigenvalue weighted by Gasteiger charge is -2.22. The van der Waals surface area contributed by atoms with Gasteiger partial charge in [-0.15, -0.1) is 0 Å². The summed E-state index contributed by atoms with van der Waals surface area (Å²) in [5.74, 6) is -0.969. The summed E-state index contributed by atoms with van der Waals surface area (Å²) in [6, 6.07) is 8.81. The van der Waals surface area contributed by atoms with E-state index in [2.05, 4.69) is 10.0 Å². The molecule has 0 unspecified atom stereocenters. The van der Waals surface area contributed by atoms with Crippen molar-refractivity contribution < 1.29 is 32.2 Å². The standard InChI is InChI=1S/C24H28N2O7S/c1-15(2)23(26-34(29,30)19-8-9-20-21(13-19)32-11-10-31-20)24(28)33-14-22(27)25-18-7-6-16-4-3-5-17(16)12-18/h6-9,12-13,15,23,26H,3-5,10-11,14H2,1-2H3,(H,25,27)/t23-/m0/s1. The topological polar surface area (TPSA) is 120 Å².